The average Bonchev–Trinajstić information content (AvgIpc) is 3.34. The van der Waals surface area contributed by atoms with Gasteiger partial charge in [0.25, 0.3) is 5.91 Å². The third kappa shape index (κ3) is 4.46. The molecular formula is C21H22N4O5S. The number of ether oxygens (including phenoxy) is 1. The second-order valence-electron chi connectivity index (χ2n) is 7.17. The molecule has 1 aromatic heterocycles. The molecule has 0 bridgehead atoms. The number of carbonyl (C=O) groups excluding carboxylic acids is 1. The topological polar surface area (TPSA) is 125 Å². The molecule has 0 radical (unpaired) electrons. The van der Waals surface area contributed by atoms with Crippen molar-refractivity contribution in [1.29, 1.82) is 0 Å². The number of hydrogen-bond acceptors (Lipinski definition) is 6. The Balaban J connectivity index is 1.49. The molecule has 1 amide bonds. The average molecular weight is 442 g/mol. The predicted molar refractivity (Wildman–Crippen MR) is 112 cm³/mol. The van der Waals surface area contributed by atoms with Crippen molar-refractivity contribution >= 4 is 15.9 Å². The van der Waals surface area contributed by atoms with Gasteiger partial charge in [0.15, 0.2) is 0 Å². The van der Waals surface area contributed by atoms with Gasteiger partial charge in [0, 0.05) is 6.54 Å². The van der Waals surface area contributed by atoms with Gasteiger partial charge in [-0.25, -0.2) is 18.9 Å². The Morgan fingerprint density at radius 3 is 2.39 bits per heavy atom. The van der Waals surface area contributed by atoms with Gasteiger partial charge in [-0.3, -0.25) is 10.0 Å². The molecule has 10 heteroatoms. The smallest absolute Gasteiger partial charge is 0.261 e. The third-order valence-corrected chi connectivity index (χ3v) is 7.12. The molecule has 162 valence electrons. The fourth-order valence-corrected chi connectivity index (χ4v) is 5.25. The van der Waals surface area contributed by atoms with Crippen LogP contribution in [0.2, 0.25) is 0 Å². The van der Waals surface area contributed by atoms with Crippen molar-refractivity contribution in [3.05, 3.63) is 61.1 Å². The van der Waals surface area contributed by atoms with Gasteiger partial charge in [-0.05, 0) is 66.9 Å². The highest BCUT2D eigenvalue weighted by Gasteiger charge is 2.37. The van der Waals surface area contributed by atoms with Gasteiger partial charge >= 0.3 is 0 Å². The van der Waals surface area contributed by atoms with Crippen molar-refractivity contribution in [2.24, 2.45) is 0 Å². The monoisotopic (exact) mass is 442 g/mol. The van der Waals surface area contributed by atoms with E-state index in [-0.39, 0.29) is 11.4 Å². The number of benzene rings is 2. The Labute approximate surface area is 179 Å². The molecule has 31 heavy (non-hydrogen) atoms. The lowest BCUT2D eigenvalue weighted by Gasteiger charge is -2.33. The summed E-state index contributed by atoms with van der Waals surface area (Å²) < 4.78 is 33.1. The van der Waals surface area contributed by atoms with Crippen LogP contribution in [-0.2, 0) is 14.8 Å². The number of hydrogen-bond donors (Lipinski definition) is 3. The number of rotatable bonds is 6. The standard InChI is InChI=1S/C21H22N4O5S/c26-21(24-27)20-3-1-2-12-25(20)31(28,29)18-10-8-17(9-11-18)30-16-6-4-15(5-7-16)19-13-22-14-23-19/h4-11,13-14,20,27H,1-3,12H2,(H,22,23)(H,24,26). The summed E-state index contributed by atoms with van der Waals surface area (Å²) in [6.45, 7) is 0.224. The minimum absolute atomic E-state index is 0.0621. The summed E-state index contributed by atoms with van der Waals surface area (Å²) in [5.41, 5.74) is 3.43. The van der Waals surface area contributed by atoms with Gasteiger partial charge in [0.2, 0.25) is 10.0 Å². The van der Waals surface area contributed by atoms with Crippen LogP contribution in [0, 0.1) is 0 Å². The number of nitrogens with zero attached hydrogens (tertiary/aromatic N) is 2. The lowest BCUT2D eigenvalue weighted by Crippen LogP contribution is -2.51. The van der Waals surface area contributed by atoms with E-state index in [1.165, 1.54) is 12.1 Å². The summed E-state index contributed by atoms with van der Waals surface area (Å²) in [6, 6.07) is 12.5. The molecule has 4 rings (SSSR count). The van der Waals surface area contributed by atoms with Crippen LogP contribution >= 0.6 is 0 Å². The summed E-state index contributed by atoms with van der Waals surface area (Å²) in [5, 5.41) is 8.95. The van der Waals surface area contributed by atoms with Gasteiger partial charge in [0.1, 0.15) is 17.5 Å². The summed E-state index contributed by atoms with van der Waals surface area (Å²) in [4.78, 5) is 19.0. The van der Waals surface area contributed by atoms with E-state index in [9.17, 15) is 13.2 Å². The number of nitrogens with one attached hydrogen (secondary N) is 2. The summed E-state index contributed by atoms with van der Waals surface area (Å²) in [7, 11) is -3.89. The van der Waals surface area contributed by atoms with E-state index in [1.807, 2.05) is 24.3 Å². The first-order valence-electron chi connectivity index (χ1n) is 9.81. The van der Waals surface area contributed by atoms with Crippen LogP contribution in [0.15, 0.2) is 66.0 Å². The normalized spacial score (nSPS) is 17.3. The van der Waals surface area contributed by atoms with Gasteiger partial charge in [0.05, 0.1) is 23.1 Å². The fraction of sp³-hybridized carbons (Fsp3) is 0.238. The van der Waals surface area contributed by atoms with E-state index in [4.69, 9.17) is 9.94 Å². The van der Waals surface area contributed by atoms with E-state index in [0.29, 0.717) is 24.3 Å². The number of amides is 1. The number of aromatic amines is 1. The quantitative estimate of drug-likeness (QED) is 0.398. The maximum absolute atomic E-state index is 13.1. The highest BCUT2D eigenvalue weighted by atomic mass is 32.2. The van der Waals surface area contributed by atoms with E-state index >= 15 is 0 Å². The maximum atomic E-state index is 13.1. The third-order valence-electron chi connectivity index (χ3n) is 5.20. The summed E-state index contributed by atoms with van der Waals surface area (Å²) in [6.07, 6.45) is 5.07. The second kappa shape index (κ2) is 8.88. The Hall–Kier alpha value is -3.21. The summed E-state index contributed by atoms with van der Waals surface area (Å²) >= 11 is 0. The highest BCUT2D eigenvalue weighted by Crippen LogP contribution is 2.29. The first-order valence-corrected chi connectivity index (χ1v) is 11.3. The van der Waals surface area contributed by atoms with Crippen LogP contribution < -0.4 is 10.2 Å². The molecule has 9 nitrogen and oxygen atoms in total. The molecule has 3 N–H and O–H groups in total. The molecule has 3 aromatic rings. The van der Waals surface area contributed by atoms with Crippen molar-refractivity contribution < 1.29 is 23.2 Å². The zero-order valence-corrected chi connectivity index (χ0v) is 17.4. The van der Waals surface area contributed by atoms with Crippen LogP contribution in [0.1, 0.15) is 19.3 Å². The fourth-order valence-electron chi connectivity index (χ4n) is 3.60. The number of carbonyl (C=O) groups is 1. The molecule has 1 saturated heterocycles. The predicted octanol–water partition coefficient (Wildman–Crippen LogP) is 2.92. The van der Waals surface area contributed by atoms with Crippen molar-refractivity contribution in [3.8, 4) is 22.8 Å². The van der Waals surface area contributed by atoms with Crippen LogP contribution in [0.4, 0.5) is 0 Å². The minimum atomic E-state index is -3.89. The zero-order chi connectivity index (χ0) is 21.8. The zero-order valence-electron chi connectivity index (χ0n) is 16.6. The van der Waals surface area contributed by atoms with Crippen molar-refractivity contribution in [3.63, 3.8) is 0 Å². The Morgan fingerprint density at radius 2 is 1.77 bits per heavy atom. The molecule has 0 aliphatic carbocycles. The lowest BCUT2D eigenvalue weighted by atomic mass is 10.0. The minimum Gasteiger partial charge on any atom is -0.457 e. The van der Waals surface area contributed by atoms with Gasteiger partial charge in [-0.15, -0.1) is 0 Å². The van der Waals surface area contributed by atoms with Gasteiger partial charge < -0.3 is 9.72 Å². The van der Waals surface area contributed by atoms with Crippen molar-refractivity contribution in [1.82, 2.24) is 19.8 Å². The molecule has 2 heterocycles. The van der Waals surface area contributed by atoms with Crippen LogP contribution in [0.25, 0.3) is 11.3 Å². The molecule has 1 unspecified atom stereocenters. The first kappa shape index (κ1) is 21.0. The second-order valence-corrected chi connectivity index (χ2v) is 9.06. The van der Waals surface area contributed by atoms with Crippen molar-refractivity contribution in [2.75, 3.05) is 6.54 Å². The molecule has 0 saturated carbocycles. The molecule has 2 aromatic carbocycles. The molecule has 1 atom stereocenters. The number of imidazole rings is 1. The Morgan fingerprint density at radius 1 is 1.10 bits per heavy atom. The summed E-state index contributed by atoms with van der Waals surface area (Å²) in [5.74, 6) is 0.368. The van der Waals surface area contributed by atoms with E-state index in [1.54, 1.807) is 30.1 Å². The SMILES string of the molecule is O=C(NO)C1CCCCN1S(=O)(=O)c1ccc(Oc2ccc(-c3cnc[nH]3)cc2)cc1. The highest BCUT2D eigenvalue weighted by molar-refractivity contribution is 7.89. The van der Waals surface area contributed by atoms with Crippen LogP contribution in [0.3, 0.4) is 0 Å². The lowest BCUT2D eigenvalue weighted by molar-refractivity contribution is -0.134. The van der Waals surface area contributed by atoms with E-state index < -0.39 is 22.0 Å². The Bertz CT molecular complexity index is 1130. The van der Waals surface area contributed by atoms with E-state index in [0.717, 1.165) is 22.0 Å². The molecular weight excluding hydrogens is 420 g/mol. The van der Waals surface area contributed by atoms with Crippen LogP contribution in [-0.4, -0.2) is 46.4 Å². The number of aromatic nitrogens is 2. The maximum Gasteiger partial charge on any atom is 0.261 e. The number of H-pyrrole nitrogens is 1. The van der Waals surface area contributed by atoms with Gasteiger partial charge in [-0.1, -0.05) is 6.42 Å². The number of hydroxylamine groups is 1. The first-order chi connectivity index (χ1) is 15.0. The van der Waals surface area contributed by atoms with E-state index in [2.05, 4.69) is 9.97 Å². The molecule has 0 spiro atoms. The molecule has 1 aliphatic rings. The number of piperidine rings is 1. The molecule has 1 aliphatic heterocycles. The molecule has 1 fully saturated rings. The van der Waals surface area contributed by atoms with Crippen molar-refractivity contribution in [2.45, 2.75) is 30.2 Å². The largest absolute Gasteiger partial charge is 0.457 e. The van der Waals surface area contributed by atoms with Gasteiger partial charge in [-0.2, -0.15) is 4.31 Å². The number of sulfonamides is 1. The van der Waals surface area contributed by atoms with Crippen LogP contribution in [0.5, 0.6) is 11.5 Å². The Kier molecular flexibility index (Phi) is 6.03.